The highest BCUT2D eigenvalue weighted by Crippen LogP contribution is 2.59. The van der Waals surface area contributed by atoms with Crippen molar-refractivity contribution in [2.75, 3.05) is 0 Å². The van der Waals surface area contributed by atoms with Crippen LogP contribution in [-0.2, 0) is 0 Å². The van der Waals surface area contributed by atoms with E-state index in [0.717, 1.165) is 0 Å². The molecule has 1 heterocycles. The third-order valence-corrected chi connectivity index (χ3v) is 4.93. The van der Waals surface area contributed by atoms with E-state index in [-0.39, 0.29) is 0 Å². The predicted molar refractivity (Wildman–Crippen MR) is 88.7 cm³/mol. The van der Waals surface area contributed by atoms with Gasteiger partial charge in [-0.2, -0.15) is 21.0 Å². The van der Waals surface area contributed by atoms with E-state index in [1.807, 2.05) is 24.3 Å². The van der Waals surface area contributed by atoms with E-state index >= 15 is 0 Å². The Morgan fingerprint density at radius 3 is 1.19 bits per heavy atom. The molecule has 1 aliphatic heterocycles. The molecule has 27 heavy (non-hydrogen) atoms. The molecule has 5 nitrogen and oxygen atoms in total. The van der Waals surface area contributed by atoms with E-state index in [1.54, 1.807) is 0 Å². The van der Waals surface area contributed by atoms with Crippen molar-refractivity contribution in [3.05, 3.63) is 71.3 Å². The zero-order valence-electron chi connectivity index (χ0n) is 13.8. The first kappa shape index (κ1) is 18.0. The SMILES string of the molecule is N#CC1(C#N)C(c2ccc(F)cc2)NC(c2ccc(F)cc2)C1(C#N)C#N. The molecule has 0 radical (unpaired) electrons. The summed E-state index contributed by atoms with van der Waals surface area (Å²) in [6, 6.07) is 15.6. The molecule has 0 aromatic heterocycles. The fraction of sp³-hybridized carbons (Fsp3) is 0.200. The van der Waals surface area contributed by atoms with Crippen molar-refractivity contribution in [2.24, 2.45) is 10.8 Å². The maximum atomic E-state index is 13.3. The number of hydrogen-bond acceptors (Lipinski definition) is 5. The fourth-order valence-electron chi connectivity index (χ4n) is 3.54. The highest BCUT2D eigenvalue weighted by Gasteiger charge is 2.69. The van der Waals surface area contributed by atoms with Crippen LogP contribution in [0.15, 0.2) is 48.5 Å². The molecule has 1 fully saturated rings. The minimum absolute atomic E-state index is 0.388. The second-order valence-corrected chi connectivity index (χ2v) is 6.20. The van der Waals surface area contributed by atoms with Crippen LogP contribution in [0, 0.1) is 67.8 Å². The summed E-state index contributed by atoms with van der Waals surface area (Å²) in [5.41, 5.74) is -3.35. The van der Waals surface area contributed by atoms with Gasteiger partial charge in [0.2, 0.25) is 0 Å². The minimum Gasteiger partial charge on any atom is -0.298 e. The van der Waals surface area contributed by atoms with Crippen molar-refractivity contribution in [3.8, 4) is 24.3 Å². The molecule has 0 bridgehead atoms. The summed E-state index contributed by atoms with van der Waals surface area (Å²) in [7, 11) is 0. The average Bonchev–Trinajstić information content (AvgIpc) is 3.00. The first-order valence-corrected chi connectivity index (χ1v) is 7.90. The molecule has 2 aromatic carbocycles. The van der Waals surface area contributed by atoms with Crippen LogP contribution in [0.2, 0.25) is 0 Å². The van der Waals surface area contributed by atoms with Gasteiger partial charge in [-0.25, -0.2) is 8.78 Å². The van der Waals surface area contributed by atoms with Crippen LogP contribution < -0.4 is 5.32 Å². The normalized spacial score (nSPS) is 22.0. The largest absolute Gasteiger partial charge is 0.298 e. The molecule has 1 saturated heterocycles. The van der Waals surface area contributed by atoms with Crippen LogP contribution in [0.25, 0.3) is 0 Å². The molecule has 0 aliphatic carbocycles. The summed E-state index contributed by atoms with van der Waals surface area (Å²) in [5, 5.41) is 42.5. The van der Waals surface area contributed by atoms with Gasteiger partial charge < -0.3 is 0 Å². The van der Waals surface area contributed by atoms with Crippen molar-refractivity contribution >= 4 is 0 Å². The van der Waals surface area contributed by atoms with Crippen LogP contribution in [0.3, 0.4) is 0 Å². The second-order valence-electron chi connectivity index (χ2n) is 6.20. The summed E-state index contributed by atoms with van der Waals surface area (Å²) in [6.45, 7) is 0. The average molecular weight is 359 g/mol. The summed E-state index contributed by atoms with van der Waals surface area (Å²) < 4.78 is 26.6. The third kappa shape index (κ3) is 2.42. The smallest absolute Gasteiger partial charge is 0.196 e. The van der Waals surface area contributed by atoms with E-state index in [9.17, 15) is 29.8 Å². The third-order valence-electron chi connectivity index (χ3n) is 4.93. The van der Waals surface area contributed by atoms with E-state index in [0.29, 0.717) is 11.1 Å². The zero-order valence-corrected chi connectivity index (χ0v) is 13.8. The number of hydrogen-bond donors (Lipinski definition) is 1. The van der Waals surface area contributed by atoms with Crippen molar-refractivity contribution in [1.29, 1.82) is 21.0 Å². The van der Waals surface area contributed by atoms with Gasteiger partial charge in [-0.15, -0.1) is 0 Å². The molecule has 130 valence electrons. The molecule has 2 unspecified atom stereocenters. The maximum absolute atomic E-state index is 13.3. The summed E-state index contributed by atoms with van der Waals surface area (Å²) in [4.78, 5) is 0. The molecule has 1 N–H and O–H groups in total. The lowest BCUT2D eigenvalue weighted by Gasteiger charge is -2.29. The first-order chi connectivity index (χ1) is 13.0. The van der Waals surface area contributed by atoms with E-state index in [2.05, 4.69) is 5.32 Å². The Kier molecular flexibility index (Phi) is 4.34. The molecule has 0 saturated carbocycles. The van der Waals surface area contributed by atoms with Crippen molar-refractivity contribution in [3.63, 3.8) is 0 Å². The summed E-state index contributed by atoms with van der Waals surface area (Å²) >= 11 is 0. The summed E-state index contributed by atoms with van der Waals surface area (Å²) in [6.07, 6.45) is 0. The Labute approximate surface area is 154 Å². The van der Waals surface area contributed by atoms with Crippen LogP contribution in [0.5, 0.6) is 0 Å². The topological polar surface area (TPSA) is 107 Å². The lowest BCUT2D eigenvalue weighted by atomic mass is 9.61. The molecule has 3 rings (SSSR count). The number of nitrogens with zero attached hydrogens (tertiary/aromatic N) is 4. The molecule has 2 atom stereocenters. The summed E-state index contributed by atoms with van der Waals surface area (Å²) in [5.74, 6) is -1.00. The lowest BCUT2D eigenvalue weighted by molar-refractivity contribution is 0.311. The van der Waals surface area contributed by atoms with Gasteiger partial charge in [-0.1, -0.05) is 24.3 Å². The van der Waals surface area contributed by atoms with Gasteiger partial charge in [0.25, 0.3) is 0 Å². The Morgan fingerprint density at radius 1 is 0.630 bits per heavy atom. The first-order valence-electron chi connectivity index (χ1n) is 7.90. The predicted octanol–water partition coefficient (Wildman–Crippen LogP) is 3.42. The van der Waals surface area contributed by atoms with E-state index < -0.39 is 34.5 Å². The lowest BCUT2D eigenvalue weighted by Crippen LogP contribution is -2.39. The van der Waals surface area contributed by atoms with Crippen LogP contribution in [0.1, 0.15) is 23.2 Å². The fourth-order valence-corrected chi connectivity index (χ4v) is 3.54. The highest BCUT2D eigenvalue weighted by atomic mass is 19.1. The molecule has 0 amide bonds. The number of nitriles is 4. The standard InChI is InChI=1S/C20H11F2N5/c21-15-5-1-13(2-6-15)17-19(9-23,10-24)20(11-25,12-26)18(27-17)14-3-7-16(22)8-4-14/h1-8,17-18,27H. The van der Waals surface area contributed by atoms with E-state index in [1.165, 1.54) is 48.5 Å². The van der Waals surface area contributed by atoms with Crippen molar-refractivity contribution in [2.45, 2.75) is 12.1 Å². The molecule has 7 heteroatoms. The highest BCUT2D eigenvalue weighted by molar-refractivity contribution is 5.49. The number of rotatable bonds is 2. The quantitative estimate of drug-likeness (QED) is 0.884. The van der Waals surface area contributed by atoms with Gasteiger partial charge in [-0.05, 0) is 35.4 Å². The number of benzene rings is 2. The van der Waals surface area contributed by atoms with Gasteiger partial charge in [0.15, 0.2) is 10.8 Å². The monoisotopic (exact) mass is 359 g/mol. The van der Waals surface area contributed by atoms with Gasteiger partial charge in [0.1, 0.15) is 11.6 Å². The second kappa shape index (κ2) is 6.50. The Hall–Kier alpha value is -3.78. The van der Waals surface area contributed by atoms with Gasteiger partial charge >= 0.3 is 0 Å². The van der Waals surface area contributed by atoms with Gasteiger partial charge in [-0.3, -0.25) is 5.32 Å². The van der Waals surface area contributed by atoms with E-state index in [4.69, 9.17) is 0 Å². The molecule has 2 aromatic rings. The van der Waals surface area contributed by atoms with Crippen LogP contribution in [-0.4, -0.2) is 0 Å². The van der Waals surface area contributed by atoms with Crippen molar-refractivity contribution < 1.29 is 8.78 Å². The molecule has 0 spiro atoms. The van der Waals surface area contributed by atoms with Crippen LogP contribution in [0.4, 0.5) is 8.78 Å². The minimum atomic E-state index is -2.06. The molecular formula is C20H11F2N5. The maximum Gasteiger partial charge on any atom is 0.196 e. The Morgan fingerprint density at radius 2 is 0.926 bits per heavy atom. The van der Waals surface area contributed by atoms with Gasteiger partial charge in [0.05, 0.1) is 36.4 Å². The van der Waals surface area contributed by atoms with Crippen molar-refractivity contribution in [1.82, 2.24) is 5.32 Å². The zero-order chi connectivity index (χ0) is 19.7. The number of halogens is 2. The Bertz CT molecular complexity index is 919. The van der Waals surface area contributed by atoms with Crippen LogP contribution >= 0.6 is 0 Å². The van der Waals surface area contributed by atoms with Gasteiger partial charge in [0, 0.05) is 0 Å². The molecular weight excluding hydrogens is 348 g/mol. The Balaban J connectivity index is 2.26. The molecule has 1 aliphatic rings. The number of nitrogens with one attached hydrogen (secondary N) is 1.